The van der Waals surface area contributed by atoms with E-state index in [1.165, 1.54) is 6.07 Å². The highest BCUT2D eigenvalue weighted by atomic mass is 19.1. The number of hydrogen-bond acceptors (Lipinski definition) is 0. The first kappa shape index (κ1) is 11.2. The van der Waals surface area contributed by atoms with Gasteiger partial charge in [-0.1, -0.05) is 20.8 Å². The molecule has 0 radical (unpaired) electrons. The van der Waals surface area contributed by atoms with E-state index < -0.39 is 5.82 Å². The zero-order valence-electron chi connectivity index (χ0n) is 9.12. The van der Waals surface area contributed by atoms with Gasteiger partial charge in [-0.2, -0.15) is 0 Å². The molecule has 14 heavy (non-hydrogen) atoms. The molecule has 0 N–H and O–H groups in total. The van der Waals surface area contributed by atoms with E-state index in [2.05, 4.69) is 0 Å². The van der Waals surface area contributed by atoms with E-state index in [1.807, 2.05) is 13.8 Å². The maximum absolute atomic E-state index is 13.6. The average molecular weight is 198 g/mol. The first-order valence-electron chi connectivity index (χ1n) is 4.96. The molecule has 0 saturated carbocycles. The van der Waals surface area contributed by atoms with Crippen LogP contribution in [0.25, 0.3) is 0 Å². The van der Waals surface area contributed by atoms with E-state index in [0.717, 1.165) is 5.56 Å². The van der Waals surface area contributed by atoms with Crippen molar-refractivity contribution in [3.8, 4) is 0 Å². The van der Waals surface area contributed by atoms with Crippen molar-refractivity contribution < 1.29 is 8.78 Å². The lowest BCUT2D eigenvalue weighted by Crippen LogP contribution is -2.03. The Morgan fingerprint density at radius 1 is 1.29 bits per heavy atom. The zero-order chi connectivity index (χ0) is 10.9. The summed E-state index contributed by atoms with van der Waals surface area (Å²) in [6.07, 6.45) is 0.400. The topological polar surface area (TPSA) is 0 Å². The summed E-state index contributed by atoms with van der Waals surface area (Å²) < 4.78 is 27.1. The van der Waals surface area contributed by atoms with Crippen LogP contribution in [0.3, 0.4) is 0 Å². The monoisotopic (exact) mass is 198 g/mol. The average Bonchev–Trinajstić information content (AvgIpc) is 2.12. The van der Waals surface area contributed by atoms with Crippen LogP contribution in [0.15, 0.2) is 6.07 Å². The van der Waals surface area contributed by atoms with Crippen molar-refractivity contribution in [2.45, 2.75) is 40.0 Å². The second-order valence-corrected chi connectivity index (χ2v) is 3.87. The van der Waals surface area contributed by atoms with Gasteiger partial charge in [0.1, 0.15) is 11.6 Å². The van der Waals surface area contributed by atoms with Crippen LogP contribution < -0.4 is 0 Å². The van der Waals surface area contributed by atoms with Crippen LogP contribution in [0, 0.1) is 18.6 Å². The molecule has 78 valence electrons. The Bertz CT molecular complexity index is 341. The highest BCUT2D eigenvalue weighted by molar-refractivity contribution is 5.36. The van der Waals surface area contributed by atoms with E-state index >= 15 is 0 Å². The molecule has 0 unspecified atom stereocenters. The second kappa shape index (κ2) is 4.07. The third-order valence-electron chi connectivity index (χ3n) is 2.57. The van der Waals surface area contributed by atoms with Gasteiger partial charge in [0.25, 0.3) is 0 Å². The van der Waals surface area contributed by atoms with Gasteiger partial charge in [0.05, 0.1) is 0 Å². The molecule has 0 heterocycles. The fourth-order valence-electron chi connectivity index (χ4n) is 1.71. The molecule has 0 aliphatic rings. The van der Waals surface area contributed by atoms with Crippen molar-refractivity contribution in [2.24, 2.45) is 0 Å². The summed E-state index contributed by atoms with van der Waals surface area (Å²) in [5.74, 6) is -0.639. The van der Waals surface area contributed by atoms with Gasteiger partial charge >= 0.3 is 0 Å². The van der Waals surface area contributed by atoms with Crippen molar-refractivity contribution in [1.82, 2.24) is 0 Å². The minimum absolute atomic E-state index is 0.157. The van der Waals surface area contributed by atoms with Crippen molar-refractivity contribution in [1.29, 1.82) is 0 Å². The standard InChI is InChI=1S/C12H16F2/c1-5-9-11(13)6-10(7(2)3)8(4)12(9)14/h6-7H,5H2,1-4H3. The van der Waals surface area contributed by atoms with Gasteiger partial charge in [-0.15, -0.1) is 0 Å². The molecular formula is C12H16F2. The minimum atomic E-state index is -0.417. The highest BCUT2D eigenvalue weighted by Gasteiger charge is 2.15. The third-order valence-corrected chi connectivity index (χ3v) is 2.57. The summed E-state index contributed by atoms with van der Waals surface area (Å²) in [6, 6.07) is 1.46. The summed E-state index contributed by atoms with van der Waals surface area (Å²) in [7, 11) is 0. The van der Waals surface area contributed by atoms with Crippen LogP contribution in [0.4, 0.5) is 8.78 Å². The van der Waals surface area contributed by atoms with Crippen molar-refractivity contribution in [3.63, 3.8) is 0 Å². The molecule has 0 aliphatic heterocycles. The molecule has 0 spiro atoms. The quantitative estimate of drug-likeness (QED) is 0.674. The molecule has 0 aromatic heterocycles. The van der Waals surface area contributed by atoms with Crippen molar-refractivity contribution in [3.05, 3.63) is 34.4 Å². The van der Waals surface area contributed by atoms with E-state index in [9.17, 15) is 8.78 Å². The lowest BCUT2D eigenvalue weighted by molar-refractivity contribution is 0.546. The molecule has 1 rings (SSSR count). The predicted octanol–water partition coefficient (Wildman–Crippen LogP) is 3.96. The number of halogens is 2. The van der Waals surface area contributed by atoms with Crippen LogP contribution in [-0.2, 0) is 6.42 Å². The zero-order valence-corrected chi connectivity index (χ0v) is 9.12. The fraction of sp³-hybridized carbons (Fsp3) is 0.500. The first-order valence-corrected chi connectivity index (χ1v) is 4.96. The van der Waals surface area contributed by atoms with Crippen molar-refractivity contribution in [2.75, 3.05) is 0 Å². The molecular weight excluding hydrogens is 182 g/mol. The predicted molar refractivity (Wildman–Crippen MR) is 54.6 cm³/mol. The molecule has 2 heteroatoms. The molecule has 0 bridgehead atoms. The van der Waals surface area contributed by atoms with Crippen LogP contribution in [0.2, 0.25) is 0 Å². The SMILES string of the molecule is CCc1c(F)cc(C(C)C)c(C)c1F. The number of hydrogen-bond donors (Lipinski definition) is 0. The maximum Gasteiger partial charge on any atom is 0.132 e. The van der Waals surface area contributed by atoms with Gasteiger partial charge in [0, 0.05) is 5.56 Å². The lowest BCUT2D eigenvalue weighted by Gasteiger charge is -2.13. The van der Waals surface area contributed by atoms with Gasteiger partial charge in [-0.25, -0.2) is 8.78 Å². The summed E-state index contributed by atoms with van der Waals surface area (Å²) in [5, 5.41) is 0. The molecule has 0 nitrogen and oxygen atoms in total. The fourth-order valence-corrected chi connectivity index (χ4v) is 1.71. The first-order chi connectivity index (χ1) is 6.49. The van der Waals surface area contributed by atoms with Gasteiger partial charge in [-0.3, -0.25) is 0 Å². The van der Waals surface area contributed by atoms with E-state index in [1.54, 1.807) is 13.8 Å². The van der Waals surface area contributed by atoms with E-state index in [4.69, 9.17) is 0 Å². The molecule has 0 fully saturated rings. The summed E-state index contributed by atoms with van der Waals surface area (Å²) >= 11 is 0. The molecule has 1 aromatic rings. The Morgan fingerprint density at radius 2 is 1.86 bits per heavy atom. The number of rotatable bonds is 2. The van der Waals surface area contributed by atoms with E-state index in [-0.39, 0.29) is 17.3 Å². The highest BCUT2D eigenvalue weighted by Crippen LogP contribution is 2.26. The normalized spacial score (nSPS) is 11.1. The van der Waals surface area contributed by atoms with Gasteiger partial charge in [-0.05, 0) is 36.5 Å². The Labute approximate surface area is 84.0 Å². The third kappa shape index (κ3) is 1.79. The van der Waals surface area contributed by atoms with Crippen LogP contribution in [-0.4, -0.2) is 0 Å². The molecule has 0 aliphatic carbocycles. The summed E-state index contributed by atoms with van der Waals surface area (Å²) in [5.41, 5.74) is 1.54. The Hall–Kier alpha value is -0.920. The van der Waals surface area contributed by atoms with Crippen LogP contribution >= 0.6 is 0 Å². The van der Waals surface area contributed by atoms with Gasteiger partial charge in [0.2, 0.25) is 0 Å². The summed E-state index contributed by atoms with van der Waals surface area (Å²) in [6.45, 7) is 7.35. The Morgan fingerprint density at radius 3 is 2.29 bits per heavy atom. The van der Waals surface area contributed by atoms with Crippen molar-refractivity contribution >= 4 is 0 Å². The van der Waals surface area contributed by atoms with Crippen LogP contribution in [0.1, 0.15) is 43.4 Å². The molecule has 0 atom stereocenters. The summed E-state index contributed by atoms with van der Waals surface area (Å²) in [4.78, 5) is 0. The van der Waals surface area contributed by atoms with Crippen LogP contribution in [0.5, 0.6) is 0 Å². The molecule has 0 amide bonds. The van der Waals surface area contributed by atoms with E-state index in [0.29, 0.717) is 12.0 Å². The van der Waals surface area contributed by atoms with Gasteiger partial charge < -0.3 is 0 Å². The largest absolute Gasteiger partial charge is 0.207 e. The van der Waals surface area contributed by atoms with Gasteiger partial charge in [0.15, 0.2) is 0 Å². The number of benzene rings is 1. The maximum atomic E-state index is 13.6. The smallest absolute Gasteiger partial charge is 0.132 e. The second-order valence-electron chi connectivity index (χ2n) is 3.87. The molecule has 1 aromatic carbocycles. The Kier molecular flexibility index (Phi) is 3.25. The Balaban J connectivity index is 3.40. The minimum Gasteiger partial charge on any atom is -0.207 e. The lowest BCUT2D eigenvalue weighted by atomic mass is 9.94. The molecule has 0 saturated heterocycles.